The lowest BCUT2D eigenvalue weighted by atomic mass is 10.0. The van der Waals surface area contributed by atoms with Crippen LogP contribution in [0.4, 0.5) is 24.0 Å². The lowest BCUT2D eigenvalue weighted by molar-refractivity contribution is 0.103. The first-order valence-electron chi connectivity index (χ1n) is 11.0. The summed E-state index contributed by atoms with van der Waals surface area (Å²) in [5, 5.41) is 2.88. The molecule has 0 radical (unpaired) electrons. The van der Waals surface area contributed by atoms with Gasteiger partial charge in [-0.1, -0.05) is 6.07 Å². The van der Waals surface area contributed by atoms with Crippen LogP contribution in [-0.2, 0) is 10.0 Å². The number of benzene rings is 2. The van der Waals surface area contributed by atoms with E-state index in [1.807, 2.05) is 29.1 Å². The maximum atomic E-state index is 15.4. The molecule has 13 heteroatoms. The first-order valence-corrected chi connectivity index (χ1v) is 13.3. The number of fused-ring (bicyclic) bond motifs is 1. The van der Waals surface area contributed by atoms with Gasteiger partial charge in [0.05, 0.1) is 21.8 Å². The normalized spacial score (nSPS) is 11.6. The number of nitrogens with one attached hydrogen (secondary N) is 2. The fourth-order valence-electron chi connectivity index (χ4n) is 3.75. The van der Waals surface area contributed by atoms with Crippen LogP contribution in [0.2, 0.25) is 0 Å². The van der Waals surface area contributed by atoms with Crippen LogP contribution in [0.1, 0.15) is 15.9 Å². The third kappa shape index (κ3) is 4.61. The molecule has 0 aliphatic heterocycles. The van der Waals surface area contributed by atoms with Crippen LogP contribution in [0.3, 0.4) is 0 Å². The molecule has 3 heterocycles. The monoisotopic (exact) mass is 557 g/mol. The van der Waals surface area contributed by atoms with Crippen molar-refractivity contribution in [1.29, 1.82) is 0 Å². The molecule has 0 fully saturated rings. The predicted molar refractivity (Wildman–Crippen MR) is 139 cm³/mol. The van der Waals surface area contributed by atoms with Crippen molar-refractivity contribution in [3.8, 4) is 11.3 Å². The minimum atomic E-state index is -4.43. The Kier molecular flexibility index (Phi) is 6.41. The molecule has 8 nitrogen and oxygen atoms in total. The Morgan fingerprint density at radius 3 is 2.61 bits per heavy atom. The van der Waals surface area contributed by atoms with Crippen molar-refractivity contribution in [1.82, 2.24) is 15.0 Å². The van der Waals surface area contributed by atoms with Crippen LogP contribution in [0.25, 0.3) is 22.3 Å². The molecule has 2 aromatic carbocycles. The maximum absolute atomic E-state index is 15.4. The van der Waals surface area contributed by atoms with Gasteiger partial charge in [0.15, 0.2) is 10.9 Å². The molecule has 0 saturated heterocycles. The van der Waals surface area contributed by atoms with E-state index in [9.17, 15) is 22.0 Å². The Balaban J connectivity index is 1.54. The van der Waals surface area contributed by atoms with Gasteiger partial charge in [-0.15, -0.1) is 11.3 Å². The molecule has 0 atom stereocenters. The molecule has 0 spiro atoms. The number of aromatic nitrogens is 3. The van der Waals surface area contributed by atoms with Crippen molar-refractivity contribution in [2.75, 3.05) is 23.7 Å². The number of ketones is 1. The number of aromatic amines is 1. The van der Waals surface area contributed by atoms with Crippen molar-refractivity contribution < 1.29 is 26.4 Å². The standard InChI is InChI=1S/C25H18F3N5O3S2/c1-33(2)25-31-20(12-37-25)13-8-16-17(11-30-24(16)29-10-13)23(34)21-18(27)6-7-19(22(21)28)32-38(35,36)15-5-3-4-14(26)9-15/h3-12,32H,1-2H3,(H,29,30). The summed E-state index contributed by atoms with van der Waals surface area (Å²) < 4.78 is 71.0. The molecule has 0 saturated carbocycles. The maximum Gasteiger partial charge on any atom is 0.262 e. The highest BCUT2D eigenvalue weighted by atomic mass is 32.2. The summed E-state index contributed by atoms with van der Waals surface area (Å²) in [6.07, 6.45) is 2.84. The molecule has 3 aromatic heterocycles. The number of pyridine rings is 1. The second-order valence-corrected chi connectivity index (χ2v) is 10.9. The van der Waals surface area contributed by atoms with Gasteiger partial charge in [-0.3, -0.25) is 9.52 Å². The second kappa shape index (κ2) is 9.58. The quantitative estimate of drug-likeness (QED) is 0.266. The third-order valence-corrected chi connectivity index (χ3v) is 7.99. The molecule has 0 amide bonds. The largest absolute Gasteiger partial charge is 0.354 e. The van der Waals surface area contributed by atoms with Gasteiger partial charge in [0, 0.05) is 48.4 Å². The van der Waals surface area contributed by atoms with E-state index in [0.717, 1.165) is 35.5 Å². The van der Waals surface area contributed by atoms with Crippen molar-refractivity contribution in [2.24, 2.45) is 0 Å². The number of hydrogen-bond acceptors (Lipinski definition) is 7. The van der Waals surface area contributed by atoms with Gasteiger partial charge in [0.25, 0.3) is 10.0 Å². The third-order valence-electron chi connectivity index (χ3n) is 5.61. The highest BCUT2D eigenvalue weighted by molar-refractivity contribution is 7.92. The zero-order valence-electron chi connectivity index (χ0n) is 19.8. The highest BCUT2D eigenvalue weighted by Crippen LogP contribution is 2.31. The highest BCUT2D eigenvalue weighted by Gasteiger charge is 2.27. The van der Waals surface area contributed by atoms with Crippen LogP contribution in [-0.4, -0.2) is 43.2 Å². The average molecular weight is 558 g/mol. The minimum Gasteiger partial charge on any atom is -0.354 e. The number of hydrogen-bond donors (Lipinski definition) is 2. The van der Waals surface area contributed by atoms with Crippen LogP contribution < -0.4 is 9.62 Å². The SMILES string of the molecule is CN(C)c1nc(-c2cnc3[nH]cc(C(=O)c4c(F)ccc(NS(=O)(=O)c5cccc(F)c5)c4F)c3c2)cs1. The summed E-state index contributed by atoms with van der Waals surface area (Å²) in [4.78, 5) is 26.3. The van der Waals surface area contributed by atoms with Crippen molar-refractivity contribution in [3.63, 3.8) is 0 Å². The Morgan fingerprint density at radius 2 is 1.89 bits per heavy atom. The van der Waals surface area contributed by atoms with Crippen molar-refractivity contribution in [2.45, 2.75) is 4.90 Å². The van der Waals surface area contributed by atoms with Crippen molar-refractivity contribution in [3.05, 3.63) is 88.8 Å². The molecule has 0 aliphatic carbocycles. The lowest BCUT2D eigenvalue weighted by Gasteiger charge is -2.12. The van der Waals surface area contributed by atoms with E-state index >= 15 is 4.39 Å². The van der Waals surface area contributed by atoms with E-state index in [0.29, 0.717) is 22.3 Å². The van der Waals surface area contributed by atoms with Gasteiger partial charge in [0.2, 0.25) is 5.78 Å². The van der Waals surface area contributed by atoms with E-state index in [2.05, 4.69) is 15.0 Å². The summed E-state index contributed by atoms with van der Waals surface area (Å²) in [6.45, 7) is 0. The van der Waals surface area contributed by atoms with Gasteiger partial charge in [0.1, 0.15) is 17.3 Å². The topological polar surface area (TPSA) is 108 Å². The summed E-state index contributed by atoms with van der Waals surface area (Å²) >= 11 is 1.41. The fraction of sp³-hybridized carbons (Fsp3) is 0.0800. The molecule has 2 N–H and O–H groups in total. The molecule has 5 aromatic rings. The summed E-state index contributed by atoms with van der Waals surface area (Å²) in [7, 11) is -0.733. The molecule has 38 heavy (non-hydrogen) atoms. The van der Waals surface area contributed by atoms with E-state index in [1.54, 1.807) is 12.3 Å². The van der Waals surface area contributed by atoms with Gasteiger partial charge in [-0.05, 0) is 36.4 Å². The van der Waals surface area contributed by atoms with Gasteiger partial charge < -0.3 is 9.88 Å². The number of rotatable bonds is 7. The number of nitrogens with zero attached hydrogens (tertiary/aromatic N) is 3. The molecular formula is C25H18F3N5O3S2. The Labute approximate surface area is 218 Å². The molecule has 194 valence electrons. The number of carbonyl (C=O) groups excluding carboxylic acids is 1. The minimum absolute atomic E-state index is 0.0691. The first-order chi connectivity index (χ1) is 18.0. The van der Waals surface area contributed by atoms with E-state index in [1.165, 1.54) is 23.6 Å². The summed E-state index contributed by atoms with van der Waals surface area (Å²) in [6, 6.07) is 7.33. The summed E-state index contributed by atoms with van der Waals surface area (Å²) in [5.74, 6) is -4.44. The second-order valence-electron chi connectivity index (χ2n) is 8.41. The van der Waals surface area contributed by atoms with Crippen LogP contribution in [0.5, 0.6) is 0 Å². The molecule has 0 aliphatic rings. The predicted octanol–water partition coefficient (Wildman–Crippen LogP) is 5.20. The number of sulfonamides is 1. The number of halogens is 3. The van der Waals surface area contributed by atoms with Crippen LogP contribution >= 0.6 is 11.3 Å². The van der Waals surface area contributed by atoms with Crippen LogP contribution in [0.15, 0.2) is 65.1 Å². The lowest BCUT2D eigenvalue weighted by Crippen LogP contribution is -2.16. The number of anilines is 2. The van der Waals surface area contributed by atoms with Gasteiger partial charge in [-0.25, -0.2) is 31.6 Å². The smallest absolute Gasteiger partial charge is 0.262 e. The zero-order chi connectivity index (χ0) is 27.2. The number of thiazole rings is 1. The fourth-order valence-corrected chi connectivity index (χ4v) is 5.60. The van der Waals surface area contributed by atoms with Crippen LogP contribution in [0, 0.1) is 17.5 Å². The van der Waals surface area contributed by atoms with E-state index < -0.39 is 49.4 Å². The van der Waals surface area contributed by atoms with Gasteiger partial charge >= 0.3 is 0 Å². The molecule has 0 unspecified atom stereocenters. The van der Waals surface area contributed by atoms with E-state index in [4.69, 9.17) is 0 Å². The summed E-state index contributed by atoms with van der Waals surface area (Å²) in [5.41, 5.74) is -0.188. The van der Waals surface area contributed by atoms with E-state index in [-0.39, 0.29) is 5.56 Å². The first kappa shape index (κ1) is 25.4. The van der Waals surface area contributed by atoms with Gasteiger partial charge in [-0.2, -0.15) is 0 Å². The average Bonchev–Trinajstić information content (AvgIpc) is 3.53. The number of H-pyrrole nitrogens is 1. The number of carbonyl (C=O) groups is 1. The Hall–Kier alpha value is -4.23. The Morgan fingerprint density at radius 1 is 1.11 bits per heavy atom. The molecule has 0 bridgehead atoms. The molecular weight excluding hydrogens is 539 g/mol. The van der Waals surface area contributed by atoms with Crippen molar-refractivity contribution >= 4 is 49.0 Å². The molecule has 5 rings (SSSR count). The zero-order valence-corrected chi connectivity index (χ0v) is 21.4. The Bertz CT molecular complexity index is 1820.